The largest absolute Gasteiger partial charge is 0.421 e. The van der Waals surface area contributed by atoms with Crippen molar-refractivity contribution in [1.29, 1.82) is 0 Å². The molecule has 4 aromatic rings. The fraction of sp³-hybridized carbons (Fsp3) is 0.514. The number of imidazole rings is 2. The average Bonchev–Trinajstić information content (AvgIpc) is 3.56. The number of quaternary nitrogens is 2. The minimum atomic E-state index is 0.810. The lowest BCUT2D eigenvalue weighted by Crippen LogP contribution is -2.47. The maximum absolute atomic E-state index is 4.42. The van der Waals surface area contributed by atoms with E-state index >= 15 is 0 Å². The minimum absolute atomic E-state index is 0.810. The molecule has 0 saturated heterocycles. The lowest BCUT2D eigenvalue weighted by Gasteiger charge is -2.34. The van der Waals surface area contributed by atoms with E-state index in [0.29, 0.717) is 0 Å². The van der Waals surface area contributed by atoms with Gasteiger partial charge in [-0.25, -0.2) is 18.3 Å². The molecule has 0 radical (unpaired) electrons. The first-order valence-corrected chi connectivity index (χ1v) is 17.3. The molecule has 0 atom stereocenters. The molecule has 2 aromatic heterocycles. The molecule has 0 spiro atoms. The number of rotatable bonds is 18. The van der Waals surface area contributed by atoms with Crippen molar-refractivity contribution in [2.24, 2.45) is 48.6 Å². The van der Waals surface area contributed by atoms with Gasteiger partial charge in [-0.15, -0.1) is 0 Å². The van der Waals surface area contributed by atoms with Crippen LogP contribution in [0.25, 0.3) is 0 Å². The van der Waals surface area contributed by atoms with Crippen molar-refractivity contribution < 1.29 is 18.1 Å². The molecule has 2 aromatic carbocycles. The zero-order chi connectivity index (χ0) is 35.6. The summed E-state index contributed by atoms with van der Waals surface area (Å²) in [4.78, 5) is 4.67. The first-order chi connectivity index (χ1) is 23.2. The van der Waals surface area contributed by atoms with Crippen LogP contribution in [-0.2, 0) is 28.2 Å². The van der Waals surface area contributed by atoms with E-state index in [1.807, 2.05) is 95.5 Å². The minimum Gasteiger partial charge on any atom is -0.374 e. The first-order valence-electron chi connectivity index (χ1n) is 17.3. The van der Waals surface area contributed by atoms with Crippen LogP contribution < -0.4 is 18.9 Å². The zero-order valence-corrected chi connectivity index (χ0v) is 31.7. The van der Waals surface area contributed by atoms with Crippen LogP contribution >= 0.6 is 0 Å². The van der Waals surface area contributed by atoms with Gasteiger partial charge in [0, 0.05) is 68.1 Å². The smallest absolute Gasteiger partial charge is 0.374 e. The lowest BCUT2D eigenvalue weighted by molar-refractivity contribution is -0.909. The Morgan fingerprint density at radius 1 is 0.551 bits per heavy atom. The normalized spacial score (nSPS) is 12.4. The lowest BCUT2D eigenvalue weighted by atomic mass is 10.2. The molecule has 12 nitrogen and oxygen atoms in total. The van der Waals surface area contributed by atoms with Crippen LogP contribution in [0.15, 0.2) is 93.8 Å². The third-order valence-electron chi connectivity index (χ3n) is 9.42. The Morgan fingerprint density at radius 3 is 1.22 bits per heavy atom. The van der Waals surface area contributed by atoms with Crippen LogP contribution in [-0.4, -0.2) is 99.7 Å². The van der Waals surface area contributed by atoms with Gasteiger partial charge in [0.15, 0.2) is 0 Å². The number of aromatic nitrogens is 4. The maximum atomic E-state index is 4.42. The van der Waals surface area contributed by atoms with Crippen molar-refractivity contribution in [3.05, 3.63) is 73.3 Å². The molecule has 264 valence electrons. The Hall–Kier alpha value is -4.42. The van der Waals surface area contributed by atoms with E-state index in [-0.39, 0.29) is 0 Å². The molecule has 0 N–H and O–H groups in total. The molecule has 0 bridgehead atoms. The van der Waals surface area contributed by atoms with Crippen molar-refractivity contribution in [2.75, 3.05) is 91.4 Å². The van der Waals surface area contributed by atoms with Gasteiger partial charge in [-0.2, -0.15) is 0 Å². The van der Waals surface area contributed by atoms with E-state index in [1.54, 1.807) is 0 Å². The number of azo groups is 2. The average molecular weight is 673 g/mol. The topological polar surface area (TPSA) is 73.5 Å². The summed E-state index contributed by atoms with van der Waals surface area (Å²) in [7, 11) is 21.7. The molecule has 0 fully saturated rings. The highest BCUT2D eigenvalue weighted by molar-refractivity contribution is 5.53. The molecule has 49 heavy (non-hydrogen) atoms. The fourth-order valence-electron chi connectivity index (χ4n) is 6.08. The molecule has 0 saturated carbocycles. The van der Waals surface area contributed by atoms with Crippen molar-refractivity contribution in [3.8, 4) is 0 Å². The molecule has 2 heterocycles. The summed E-state index contributed by atoms with van der Waals surface area (Å²) in [5, 5.41) is 17.6. The third-order valence-corrected chi connectivity index (χ3v) is 9.42. The van der Waals surface area contributed by atoms with E-state index in [9.17, 15) is 0 Å². The molecular weight excluding hydrogens is 612 g/mol. The van der Waals surface area contributed by atoms with Crippen LogP contribution in [0.1, 0.15) is 19.3 Å². The molecule has 4 rings (SSSR count). The molecule has 0 unspecified atom stereocenters. The monoisotopic (exact) mass is 673 g/mol. The summed E-state index contributed by atoms with van der Waals surface area (Å²) in [6, 6.07) is 16.7. The number of hydrogen-bond acceptors (Lipinski definition) is 6. The highest BCUT2D eigenvalue weighted by atomic mass is 15.3. The van der Waals surface area contributed by atoms with Crippen molar-refractivity contribution in [1.82, 2.24) is 9.13 Å². The SMILES string of the molecule is CN(CCC[N+](C)(C)CCC[N+](C)(C)CCCN(C)c1ccc(/N=N/c2n(C)cc[n+]2C)cc1)c1ccc(/N=N/c2n(C)cc[n+]2C)cc1. The zero-order valence-electron chi connectivity index (χ0n) is 31.7. The predicted octanol–water partition coefficient (Wildman–Crippen LogP) is 5.74. The van der Waals surface area contributed by atoms with Crippen molar-refractivity contribution in [2.45, 2.75) is 19.3 Å². The van der Waals surface area contributed by atoms with E-state index in [1.165, 1.54) is 30.9 Å². The van der Waals surface area contributed by atoms with Gasteiger partial charge in [0.05, 0.1) is 107 Å². The second-order valence-corrected chi connectivity index (χ2v) is 14.7. The number of anilines is 2. The molecule has 0 aliphatic heterocycles. The summed E-state index contributed by atoms with van der Waals surface area (Å²) in [5.74, 6) is 1.62. The Balaban J connectivity index is 1.12. The van der Waals surface area contributed by atoms with Crippen molar-refractivity contribution in [3.63, 3.8) is 0 Å². The maximum Gasteiger partial charge on any atom is 0.421 e. The molecule has 0 amide bonds. The standard InChI is InChI=1S/C37H60N12/c1-42(34-18-14-32(15-19-34)38-40-36-44(3)24-25-45(36)4)22-11-28-48(7,8)30-13-31-49(9,10)29-12-23-43(2)35-20-16-33(17-21-35)39-41-37-46(5)26-27-47(37)6/h14-21,24-27H,11-13,22-23,28-31H2,1-10H3/q+4. The predicted molar refractivity (Wildman–Crippen MR) is 198 cm³/mol. The number of hydrogen-bond donors (Lipinski definition) is 0. The summed E-state index contributed by atoms with van der Waals surface area (Å²) in [5.41, 5.74) is 4.12. The molecular formula is C37H60N12+4. The quantitative estimate of drug-likeness (QED) is 0.0769. The fourth-order valence-corrected chi connectivity index (χ4v) is 6.08. The van der Waals surface area contributed by atoms with Crippen LogP contribution in [0.2, 0.25) is 0 Å². The summed E-state index contributed by atoms with van der Waals surface area (Å²) in [6.07, 6.45) is 11.4. The van der Waals surface area contributed by atoms with E-state index in [0.717, 1.165) is 71.3 Å². The van der Waals surface area contributed by atoms with Gasteiger partial charge < -0.3 is 18.8 Å². The first kappa shape index (κ1) is 37.4. The van der Waals surface area contributed by atoms with Crippen LogP contribution in [0.4, 0.5) is 34.6 Å². The van der Waals surface area contributed by atoms with E-state index in [4.69, 9.17) is 0 Å². The Bertz CT molecular complexity index is 1500. The Morgan fingerprint density at radius 2 is 0.898 bits per heavy atom. The summed E-state index contributed by atoms with van der Waals surface area (Å²) in [6.45, 7) is 6.75. The third kappa shape index (κ3) is 11.3. The number of benzene rings is 2. The Labute approximate surface area is 294 Å². The highest BCUT2D eigenvalue weighted by Gasteiger charge is 2.20. The van der Waals surface area contributed by atoms with Crippen LogP contribution in [0.3, 0.4) is 0 Å². The Kier molecular flexibility index (Phi) is 12.8. The van der Waals surface area contributed by atoms with Gasteiger partial charge in [-0.3, -0.25) is 0 Å². The van der Waals surface area contributed by atoms with Gasteiger partial charge in [0.2, 0.25) is 0 Å². The summed E-state index contributed by atoms with van der Waals surface area (Å²) >= 11 is 0. The van der Waals surface area contributed by atoms with E-state index in [2.05, 4.69) is 96.8 Å². The second-order valence-electron chi connectivity index (χ2n) is 14.7. The van der Waals surface area contributed by atoms with Gasteiger partial charge in [0.1, 0.15) is 11.4 Å². The van der Waals surface area contributed by atoms with Gasteiger partial charge in [-0.1, -0.05) is 10.2 Å². The molecule has 0 aliphatic carbocycles. The molecule has 12 heteroatoms. The van der Waals surface area contributed by atoms with E-state index < -0.39 is 0 Å². The van der Waals surface area contributed by atoms with Crippen LogP contribution in [0.5, 0.6) is 0 Å². The molecule has 0 aliphatic rings. The second kappa shape index (κ2) is 16.8. The van der Waals surface area contributed by atoms with Gasteiger partial charge >= 0.3 is 11.9 Å². The number of aryl methyl sites for hydroxylation is 4. The summed E-state index contributed by atoms with van der Waals surface area (Å²) < 4.78 is 9.92. The number of nitrogens with zero attached hydrogens (tertiary/aromatic N) is 12. The van der Waals surface area contributed by atoms with Crippen LogP contribution in [0, 0.1) is 0 Å². The van der Waals surface area contributed by atoms with Gasteiger partial charge in [-0.05, 0) is 48.5 Å². The van der Waals surface area contributed by atoms with Crippen molar-refractivity contribution >= 4 is 34.6 Å². The van der Waals surface area contributed by atoms with Gasteiger partial charge in [0.25, 0.3) is 0 Å². The highest BCUT2D eigenvalue weighted by Crippen LogP contribution is 2.22.